The summed E-state index contributed by atoms with van der Waals surface area (Å²) < 4.78 is 10.3. The van der Waals surface area contributed by atoms with Crippen molar-refractivity contribution in [2.45, 2.75) is 0 Å². The van der Waals surface area contributed by atoms with Crippen molar-refractivity contribution in [3.8, 4) is 11.5 Å². The number of carbonyl (C=O) groups is 1. The van der Waals surface area contributed by atoms with Crippen molar-refractivity contribution in [1.82, 2.24) is 5.32 Å². The molecule has 1 fully saturated rings. The maximum atomic E-state index is 12.7. The highest BCUT2D eigenvalue weighted by Gasteiger charge is 2.31. The van der Waals surface area contributed by atoms with Gasteiger partial charge in [0.25, 0.3) is 5.91 Å². The predicted octanol–water partition coefficient (Wildman–Crippen LogP) is 2.97. The Kier molecular flexibility index (Phi) is 4.48. The summed E-state index contributed by atoms with van der Waals surface area (Å²) in [5.74, 6) is 1.24. The van der Waals surface area contributed by atoms with E-state index < -0.39 is 0 Å². The summed E-state index contributed by atoms with van der Waals surface area (Å²) in [6.07, 6.45) is 1.75. The number of nitrogens with one attached hydrogen (secondary N) is 1. The normalized spacial score (nSPS) is 15.6. The Morgan fingerprint density at radius 1 is 1.04 bits per heavy atom. The van der Waals surface area contributed by atoms with Crippen molar-refractivity contribution in [1.29, 1.82) is 0 Å². The number of nitrogens with zero attached hydrogens (tertiary/aromatic N) is 1. The molecule has 0 radical (unpaired) electrons. The highest BCUT2D eigenvalue weighted by Crippen LogP contribution is 2.25. The van der Waals surface area contributed by atoms with Crippen LogP contribution in [0, 0.1) is 0 Å². The first-order chi connectivity index (χ1) is 11.6. The molecule has 24 heavy (non-hydrogen) atoms. The average molecular weight is 340 g/mol. The highest BCUT2D eigenvalue weighted by molar-refractivity contribution is 7.80. The summed E-state index contributed by atoms with van der Waals surface area (Å²) in [5, 5.41) is 3.31. The van der Waals surface area contributed by atoms with Crippen LogP contribution in [0.5, 0.6) is 11.5 Å². The summed E-state index contributed by atoms with van der Waals surface area (Å²) in [6, 6.07) is 14.6. The van der Waals surface area contributed by atoms with Crippen molar-refractivity contribution < 1.29 is 14.3 Å². The number of ether oxygens (including phenoxy) is 2. The molecule has 0 unspecified atom stereocenters. The molecule has 3 rings (SSSR count). The standard InChI is InChI=1S/C18H16N2O3S/c1-22-14-8-6-13(7-9-14)20-17(21)16(19-18(20)24)11-12-4-3-5-15(10-12)23-2/h3-11H,1-2H3,(H,19,24). The van der Waals surface area contributed by atoms with Crippen molar-refractivity contribution >= 4 is 35.0 Å². The maximum Gasteiger partial charge on any atom is 0.281 e. The fourth-order valence-electron chi connectivity index (χ4n) is 2.40. The first kappa shape index (κ1) is 16.0. The molecular weight excluding hydrogens is 324 g/mol. The lowest BCUT2D eigenvalue weighted by molar-refractivity contribution is -0.113. The Balaban J connectivity index is 1.89. The average Bonchev–Trinajstić information content (AvgIpc) is 2.89. The fourth-order valence-corrected chi connectivity index (χ4v) is 2.70. The lowest BCUT2D eigenvalue weighted by Crippen LogP contribution is -2.30. The van der Waals surface area contributed by atoms with Gasteiger partial charge in [-0.25, -0.2) is 0 Å². The third-order valence-electron chi connectivity index (χ3n) is 3.61. The van der Waals surface area contributed by atoms with Crippen LogP contribution < -0.4 is 19.7 Å². The minimum absolute atomic E-state index is 0.201. The maximum absolute atomic E-state index is 12.7. The van der Waals surface area contributed by atoms with Crippen LogP contribution in [-0.2, 0) is 4.79 Å². The summed E-state index contributed by atoms with van der Waals surface area (Å²) in [4.78, 5) is 14.1. The summed E-state index contributed by atoms with van der Waals surface area (Å²) in [5.41, 5.74) is 1.96. The molecule has 1 amide bonds. The molecule has 0 aliphatic carbocycles. The summed E-state index contributed by atoms with van der Waals surface area (Å²) in [6.45, 7) is 0. The molecule has 1 saturated heterocycles. The Hall–Kier alpha value is -2.86. The van der Waals surface area contributed by atoms with E-state index in [0.29, 0.717) is 16.5 Å². The second-order valence-corrected chi connectivity index (χ2v) is 5.49. The predicted molar refractivity (Wildman–Crippen MR) is 97.2 cm³/mol. The Labute approximate surface area is 145 Å². The van der Waals surface area contributed by atoms with E-state index in [9.17, 15) is 4.79 Å². The largest absolute Gasteiger partial charge is 0.497 e. The van der Waals surface area contributed by atoms with Gasteiger partial charge in [0.15, 0.2) is 5.11 Å². The lowest BCUT2D eigenvalue weighted by Gasteiger charge is -2.14. The number of carbonyl (C=O) groups excluding carboxylic acids is 1. The first-order valence-corrected chi connectivity index (χ1v) is 7.68. The van der Waals surface area contributed by atoms with Crippen molar-refractivity contribution in [3.05, 3.63) is 59.8 Å². The van der Waals surface area contributed by atoms with E-state index in [1.54, 1.807) is 44.6 Å². The van der Waals surface area contributed by atoms with E-state index in [4.69, 9.17) is 21.7 Å². The molecule has 1 aliphatic heterocycles. The molecule has 5 nitrogen and oxygen atoms in total. The third kappa shape index (κ3) is 3.09. The van der Waals surface area contributed by atoms with Gasteiger partial charge in [-0.1, -0.05) is 12.1 Å². The number of rotatable bonds is 4. The Morgan fingerprint density at radius 3 is 2.42 bits per heavy atom. The van der Waals surface area contributed by atoms with Gasteiger partial charge >= 0.3 is 0 Å². The van der Waals surface area contributed by atoms with Crippen LogP contribution in [-0.4, -0.2) is 25.2 Å². The minimum Gasteiger partial charge on any atom is -0.497 e. The third-order valence-corrected chi connectivity index (χ3v) is 3.90. The van der Waals surface area contributed by atoms with E-state index in [2.05, 4.69) is 5.32 Å². The van der Waals surface area contributed by atoms with Gasteiger partial charge in [-0.05, 0) is 60.3 Å². The molecule has 1 heterocycles. The molecule has 0 atom stereocenters. The number of hydrogen-bond acceptors (Lipinski definition) is 4. The number of amides is 1. The van der Waals surface area contributed by atoms with Crippen LogP contribution in [0.15, 0.2) is 54.2 Å². The zero-order chi connectivity index (χ0) is 17.1. The SMILES string of the molecule is COc1ccc(N2C(=O)C(=Cc3cccc(OC)c3)NC2=S)cc1. The summed E-state index contributed by atoms with van der Waals surface area (Å²) in [7, 11) is 3.20. The molecule has 1 aliphatic rings. The lowest BCUT2D eigenvalue weighted by atomic mass is 10.2. The van der Waals surface area contributed by atoms with Gasteiger partial charge in [0.05, 0.1) is 19.9 Å². The van der Waals surface area contributed by atoms with Crippen molar-refractivity contribution in [2.24, 2.45) is 0 Å². The van der Waals surface area contributed by atoms with Gasteiger partial charge in [-0.15, -0.1) is 0 Å². The Bertz CT molecular complexity index is 815. The zero-order valence-corrected chi connectivity index (χ0v) is 14.1. The molecule has 2 aromatic carbocycles. The van der Waals surface area contributed by atoms with Crippen LogP contribution in [0.3, 0.4) is 0 Å². The van der Waals surface area contributed by atoms with Crippen LogP contribution >= 0.6 is 12.2 Å². The van der Waals surface area contributed by atoms with E-state index in [0.717, 1.165) is 17.1 Å². The molecule has 0 bridgehead atoms. The van der Waals surface area contributed by atoms with Crippen LogP contribution in [0.4, 0.5) is 5.69 Å². The van der Waals surface area contributed by atoms with E-state index >= 15 is 0 Å². The molecule has 1 N–H and O–H groups in total. The van der Waals surface area contributed by atoms with E-state index in [1.165, 1.54) is 4.90 Å². The van der Waals surface area contributed by atoms with Gasteiger partial charge in [0, 0.05) is 0 Å². The molecule has 0 aromatic heterocycles. The molecule has 2 aromatic rings. The second-order valence-electron chi connectivity index (χ2n) is 5.10. The van der Waals surface area contributed by atoms with Crippen LogP contribution in [0.2, 0.25) is 0 Å². The molecular formula is C18H16N2O3S. The number of anilines is 1. The molecule has 0 saturated carbocycles. The van der Waals surface area contributed by atoms with Crippen LogP contribution in [0.1, 0.15) is 5.56 Å². The summed E-state index contributed by atoms with van der Waals surface area (Å²) >= 11 is 5.30. The molecule has 6 heteroatoms. The quantitative estimate of drug-likeness (QED) is 0.685. The van der Waals surface area contributed by atoms with E-state index in [-0.39, 0.29) is 5.91 Å². The van der Waals surface area contributed by atoms with Gasteiger partial charge in [0.1, 0.15) is 17.2 Å². The number of methoxy groups -OCH3 is 2. The van der Waals surface area contributed by atoms with Gasteiger partial charge in [-0.2, -0.15) is 0 Å². The van der Waals surface area contributed by atoms with Gasteiger partial charge in [-0.3, -0.25) is 9.69 Å². The number of benzene rings is 2. The zero-order valence-electron chi connectivity index (χ0n) is 13.3. The topological polar surface area (TPSA) is 50.8 Å². The number of hydrogen-bond donors (Lipinski definition) is 1. The fraction of sp³-hybridized carbons (Fsp3) is 0.111. The second kappa shape index (κ2) is 6.72. The monoisotopic (exact) mass is 340 g/mol. The van der Waals surface area contributed by atoms with Gasteiger partial charge < -0.3 is 14.8 Å². The van der Waals surface area contributed by atoms with E-state index in [1.807, 2.05) is 24.3 Å². The smallest absolute Gasteiger partial charge is 0.281 e. The van der Waals surface area contributed by atoms with Crippen LogP contribution in [0.25, 0.3) is 6.08 Å². The first-order valence-electron chi connectivity index (χ1n) is 7.27. The van der Waals surface area contributed by atoms with Crippen molar-refractivity contribution in [3.63, 3.8) is 0 Å². The highest BCUT2D eigenvalue weighted by atomic mass is 32.1. The Morgan fingerprint density at radius 2 is 1.75 bits per heavy atom. The molecule has 122 valence electrons. The molecule has 0 spiro atoms. The van der Waals surface area contributed by atoms with Gasteiger partial charge in [0.2, 0.25) is 0 Å². The number of thiocarbonyl (C=S) groups is 1. The van der Waals surface area contributed by atoms with Crippen molar-refractivity contribution in [2.75, 3.05) is 19.1 Å². The minimum atomic E-state index is -0.201.